The number of halogens is 2. The summed E-state index contributed by atoms with van der Waals surface area (Å²) < 4.78 is 29.1. The largest absolute Gasteiger partial charge is 0.489 e. The van der Waals surface area contributed by atoms with Crippen molar-refractivity contribution in [3.05, 3.63) is 52.8 Å². The first kappa shape index (κ1) is 18.0. The van der Waals surface area contributed by atoms with Gasteiger partial charge >= 0.3 is 0 Å². The SMILES string of the molecule is O=C(COc1ccc(F)cc1)N/N=C\c1cc(Cl)c2c(c1)OCCCO2. The van der Waals surface area contributed by atoms with Crippen molar-refractivity contribution >= 4 is 23.7 Å². The van der Waals surface area contributed by atoms with Gasteiger partial charge in [0, 0.05) is 6.42 Å². The molecule has 2 aromatic carbocycles. The van der Waals surface area contributed by atoms with Crippen LogP contribution in [-0.2, 0) is 4.79 Å². The van der Waals surface area contributed by atoms with Crippen LogP contribution in [-0.4, -0.2) is 31.9 Å². The number of hydrogen-bond acceptors (Lipinski definition) is 5. The van der Waals surface area contributed by atoms with E-state index in [1.807, 2.05) is 0 Å². The average molecular weight is 379 g/mol. The molecule has 0 aliphatic carbocycles. The molecule has 3 rings (SSSR count). The number of benzene rings is 2. The highest BCUT2D eigenvalue weighted by Crippen LogP contribution is 2.37. The quantitative estimate of drug-likeness (QED) is 0.641. The van der Waals surface area contributed by atoms with E-state index in [2.05, 4.69) is 10.5 Å². The topological polar surface area (TPSA) is 69.2 Å². The molecule has 0 saturated carbocycles. The molecule has 8 heteroatoms. The molecule has 26 heavy (non-hydrogen) atoms. The molecule has 0 fully saturated rings. The van der Waals surface area contributed by atoms with Crippen LogP contribution in [0.5, 0.6) is 17.2 Å². The van der Waals surface area contributed by atoms with Gasteiger partial charge in [-0.2, -0.15) is 5.10 Å². The molecule has 136 valence electrons. The summed E-state index contributed by atoms with van der Waals surface area (Å²) in [6, 6.07) is 8.77. The van der Waals surface area contributed by atoms with Crippen molar-refractivity contribution in [3.63, 3.8) is 0 Å². The number of rotatable bonds is 5. The van der Waals surface area contributed by atoms with E-state index in [9.17, 15) is 9.18 Å². The van der Waals surface area contributed by atoms with Crippen molar-refractivity contribution in [2.45, 2.75) is 6.42 Å². The zero-order valence-corrected chi connectivity index (χ0v) is 14.5. The normalized spacial score (nSPS) is 13.3. The lowest BCUT2D eigenvalue weighted by Gasteiger charge is -2.09. The van der Waals surface area contributed by atoms with Gasteiger partial charge in [0.1, 0.15) is 11.6 Å². The fourth-order valence-electron chi connectivity index (χ4n) is 2.22. The van der Waals surface area contributed by atoms with Gasteiger partial charge in [0.25, 0.3) is 5.91 Å². The minimum absolute atomic E-state index is 0.245. The van der Waals surface area contributed by atoms with E-state index in [1.54, 1.807) is 12.1 Å². The van der Waals surface area contributed by atoms with E-state index in [1.165, 1.54) is 30.5 Å². The molecule has 0 radical (unpaired) electrons. The first-order valence-electron chi connectivity index (χ1n) is 7.91. The van der Waals surface area contributed by atoms with Gasteiger partial charge in [-0.15, -0.1) is 0 Å². The van der Waals surface area contributed by atoms with Crippen molar-refractivity contribution in [1.29, 1.82) is 0 Å². The second-order valence-corrected chi connectivity index (χ2v) is 5.82. The maximum absolute atomic E-state index is 12.8. The molecule has 1 N–H and O–H groups in total. The second kappa shape index (κ2) is 8.53. The fraction of sp³-hybridized carbons (Fsp3) is 0.222. The molecular weight excluding hydrogens is 363 g/mol. The van der Waals surface area contributed by atoms with Gasteiger partial charge in [0.05, 0.1) is 24.5 Å². The lowest BCUT2D eigenvalue weighted by molar-refractivity contribution is -0.123. The average Bonchev–Trinajstić information content (AvgIpc) is 2.87. The van der Waals surface area contributed by atoms with E-state index >= 15 is 0 Å². The maximum atomic E-state index is 12.8. The van der Waals surface area contributed by atoms with E-state index in [4.69, 9.17) is 25.8 Å². The molecule has 0 spiro atoms. The lowest BCUT2D eigenvalue weighted by Crippen LogP contribution is -2.24. The van der Waals surface area contributed by atoms with E-state index in [-0.39, 0.29) is 12.4 Å². The summed E-state index contributed by atoms with van der Waals surface area (Å²) in [6.45, 7) is 0.844. The number of hydrogen-bond donors (Lipinski definition) is 1. The standard InChI is InChI=1S/C18H16ClFN2O4/c19-15-8-12(9-16-18(15)25-7-1-6-24-16)10-21-22-17(23)11-26-14-4-2-13(20)3-5-14/h2-5,8-10H,1,6-7,11H2,(H,22,23)/b21-10-. The Kier molecular flexibility index (Phi) is 5.91. The van der Waals surface area contributed by atoms with Crippen molar-refractivity contribution in [2.24, 2.45) is 5.10 Å². The summed E-state index contributed by atoms with van der Waals surface area (Å²) in [5.74, 6) is 0.617. The summed E-state index contributed by atoms with van der Waals surface area (Å²) in [5.41, 5.74) is 2.99. The summed E-state index contributed by atoms with van der Waals surface area (Å²) in [5, 5.41) is 4.28. The van der Waals surface area contributed by atoms with Gasteiger partial charge in [-0.25, -0.2) is 9.82 Å². The van der Waals surface area contributed by atoms with Gasteiger partial charge in [-0.1, -0.05) is 11.6 Å². The Labute approximate surface area is 154 Å². The van der Waals surface area contributed by atoms with Gasteiger partial charge in [-0.3, -0.25) is 4.79 Å². The van der Waals surface area contributed by atoms with E-state index in [0.717, 1.165) is 6.42 Å². The number of amides is 1. The maximum Gasteiger partial charge on any atom is 0.277 e. The number of ether oxygens (including phenoxy) is 3. The van der Waals surface area contributed by atoms with Crippen LogP contribution in [0, 0.1) is 5.82 Å². The predicted octanol–water partition coefficient (Wildman–Crippen LogP) is 3.17. The lowest BCUT2D eigenvalue weighted by atomic mass is 10.2. The van der Waals surface area contributed by atoms with Crippen LogP contribution in [0.15, 0.2) is 41.5 Å². The molecule has 0 unspecified atom stereocenters. The summed E-state index contributed by atoms with van der Waals surface area (Å²) in [7, 11) is 0. The van der Waals surface area contributed by atoms with Crippen LogP contribution in [0.25, 0.3) is 0 Å². The Bertz CT molecular complexity index is 812. The molecule has 0 bridgehead atoms. The van der Waals surface area contributed by atoms with Crippen LogP contribution in [0.2, 0.25) is 5.02 Å². The molecule has 1 aliphatic heterocycles. The number of fused-ring (bicyclic) bond motifs is 1. The van der Waals surface area contributed by atoms with Gasteiger partial charge in [0.2, 0.25) is 0 Å². The zero-order valence-electron chi connectivity index (χ0n) is 13.7. The highest BCUT2D eigenvalue weighted by atomic mass is 35.5. The smallest absolute Gasteiger partial charge is 0.277 e. The van der Waals surface area contributed by atoms with Crippen LogP contribution >= 0.6 is 11.6 Å². The molecule has 2 aromatic rings. The Hall–Kier alpha value is -2.80. The Balaban J connectivity index is 1.54. The number of nitrogens with zero attached hydrogens (tertiary/aromatic N) is 1. The Morgan fingerprint density at radius 3 is 2.85 bits per heavy atom. The third kappa shape index (κ3) is 4.86. The Morgan fingerprint density at radius 1 is 1.27 bits per heavy atom. The Morgan fingerprint density at radius 2 is 2.04 bits per heavy atom. The van der Waals surface area contributed by atoms with E-state index in [0.29, 0.717) is 41.0 Å². The number of carbonyl (C=O) groups excluding carboxylic acids is 1. The molecule has 1 aliphatic rings. The second-order valence-electron chi connectivity index (χ2n) is 5.42. The van der Waals surface area contributed by atoms with E-state index < -0.39 is 5.91 Å². The fourth-order valence-corrected chi connectivity index (χ4v) is 2.49. The minimum Gasteiger partial charge on any atom is -0.489 e. The predicted molar refractivity (Wildman–Crippen MR) is 94.7 cm³/mol. The van der Waals surface area contributed by atoms with Crippen molar-refractivity contribution in [2.75, 3.05) is 19.8 Å². The monoisotopic (exact) mass is 378 g/mol. The first-order valence-corrected chi connectivity index (χ1v) is 8.29. The molecule has 1 amide bonds. The first-order chi connectivity index (χ1) is 12.6. The van der Waals surface area contributed by atoms with Gasteiger partial charge < -0.3 is 14.2 Å². The molecule has 0 atom stereocenters. The zero-order chi connectivity index (χ0) is 18.4. The highest BCUT2D eigenvalue weighted by molar-refractivity contribution is 6.32. The number of nitrogens with one attached hydrogen (secondary N) is 1. The molecule has 0 aromatic heterocycles. The van der Waals surface area contributed by atoms with Crippen LogP contribution in [0.3, 0.4) is 0 Å². The summed E-state index contributed by atoms with van der Waals surface area (Å²) in [4.78, 5) is 11.7. The number of hydrazone groups is 1. The third-order valence-electron chi connectivity index (χ3n) is 3.41. The van der Waals surface area contributed by atoms with Gasteiger partial charge in [0.15, 0.2) is 18.1 Å². The van der Waals surface area contributed by atoms with Crippen molar-refractivity contribution in [3.8, 4) is 17.2 Å². The van der Waals surface area contributed by atoms with Crippen LogP contribution in [0.1, 0.15) is 12.0 Å². The highest BCUT2D eigenvalue weighted by Gasteiger charge is 2.15. The van der Waals surface area contributed by atoms with Crippen LogP contribution < -0.4 is 19.6 Å². The van der Waals surface area contributed by atoms with Crippen molar-refractivity contribution in [1.82, 2.24) is 5.43 Å². The van der Waals surface area contributed by atoms with Crippen molar-refractivity contribution < 1.29 is 23.4 Å². The minimum atomic E-state index is -0.453. The molecule has 0 saturated heterocycles. The van der Waals surface area contributed by atoms with Crippen LogP contribution in [0.4, 0.5) is 4.39 Å². The summed E-state index contributed by atoms with van der Waals surface area (Å²) >= 11 is 6.19. The van der Waals surface area contributed by atoms with Gasteiger partial charge in [-0.05, 0) is 42.0 Å². The molecule has 6 nitrogen and oxygen atoms in total. The molecule has 1 heterocycles. The number of carbonyl (C=O) groups is 1. The third-order valence-corrected chi connectivity index (χ3v) is 3.69. The summed E-state index contributed by atoms with van der Waals surface area (Å²) in [6.07, 6.45) is 2.22. The molecular formula is C18H16ClFN2O4.